The SMILES string of the molecule is NCc1cncc(N(Cc2ccco2)C2CC2)n1. The molecule has 0 aliphatic heterocycles. The van der Waals surface area contributed by atoms with Crippen LogP contribution in [0.2, 0.25) is 0 Å². The first-order valence-electron chi connectivity index (χ1n) is 6.17. The minimum Gasteiger partial charge on any atom is -0.467 e. The van der Waals surface area contributed by atoms with Gasteiger partial charge in [-0.05, 0) is 25.0 Å². The van der Waals surface area contributed by atoms with Crippen molar-refractivity contribution in [1.29, 1.82) is 0 Å². The lowest BCUT2D eigenvalue weighted by atomic mass is 10.3. The van der Waals surface area contributed by atoms with Crippen molar-refractivity contribution in [3.8, 4) is 0 Å². The lowest BCUT2D eigenvalue weighted by Gasteiger charge is -2.22. The second-order valence-corrected chi connectivity index (χ2v) is 4.51. The highest BCUT2D eigenvalue weighted by molar-refractivity contribution is 5.40. The van der Waals surface area contributed by atoms with Gasteiger partial charge in [-0.2, -0.15) is 0 Å². The fourth-order valence-electron chi connectivity index (χ4n) is 1.99. The molecule has 0 unspecified atom stereocenters. The summed E-state index contributed by atoms with van der Waals surface area (Å²) in [5, 5.41) is 0. The highest BCUT2D eigenvalue weighted by Gasteiger charge is 2.30. The molecule has 0 radical (unpaired) electrons. The Labute approximate surface area is 106 Å². The quantitative estimate of drug-likeness (QED) is 0.867. The van der Waals surface area contributed by atoms with E-state index in [1.807, 2.05) is 12.1 Å². The lowest BCUT2D eigenvalue weighted by molar-refractivity contribution is 0.500. The molecule has 1 fully saturated rings. The summed E-state index contributed by atoms with van der Waals surface area (Å²) >= 11 is 0. The van der Waals surface area contributed by atoms with Crippen molar-refractivity contribution in [2.45, 2.75) is 32.0 Å². The number of nitrogens with two attached hydrogens (primary N) is 1. The number of hydrogen-bond acceptors (Lipinski definition) is 5. The van der Waals surface area contributed by atoms with E-state index in [0.717, 1.165) is 23.8 Å². The summed E-state index contributed by atoms with van der Waals surface area (Å²) < 4.78 is 5.41. The van der Waals surface area contributed by atoms with Crippen molar-refractivity contribution in [1.82, 2.24) is 9.97 Å². The van der Waals surface area contributed by atoms with Gasteiger partial charge in [0.05, 0.1) is 24.7 Å². The van der Waals surface area contributed by atoms with Crippen molar-refractivity contribution in [2.24, 2.45) is 5.73 Å². The molecule has 0 bridgehead atoms. The van der Waals surface area contributed by atoms with E-state index in [1.54, 1.807) is 18.7 Å². The molecule has 0 aromatic carbocycles. The van der Waals surface area contributed by atoms with E-state index in [-0.39, 0.29) is 0 Å². The first kappa shape index (κ1) is 11.2. The van der Waals surface area contributed by atoms with Crippen LogP contribution in [0.5, 0.6) is 0 Å². The summed E-state index contributed by atoms with van der Waals surface area (Å²) in [6.45, 7) is 1.15. The van der Waals surface area contributed by atoms with Gasteiger partial charge < -0.3 is 15.1 Å². The van der Waals surface area contributed by atoms with Crippen LogP contribution in [0.1, 0.15) is 24.3 Å². The predicted octanol–water partition coefficient (Wildman–Crippen LogP) is 1.70. The third-order valence-corrected chi connectivity index (χ3v) is 3.07. The van der Waals surface area contributed by atoms with Gasteiger partial charge >= 0.3 is 0 Å². The smallest absolute Gasteiger partial charge is 0.148 e. The second kappa shape index (κ2) is 4.78. The van der Waals surface area contributed by atoms with Crippen molar-refractivity contribution in [3.05, 3.63) is 42.2 Å². The first-order chi connectivity index (χ1) is 8.86. The second-order valence-electron chi connectivity index (χ2n) is 4.51. The van der Waals surface area contributed by atoms with E-state index in [4.69, 9.17) is 10.2 Å². The average molecular weight is 244 g/mol. The minimum atomic E-state index is 0.417. The molecule has 2 heterocycles. The summed E-state index contributed by atoms with van der Waals surface area (Å²) in [7, 11) is 0. The van der Waals surface area contributed by atoms with Gasteiger partial charge in [0.1, 0.15) is 11.6 Å². The lowest BCUT2D eigenvalue weighted by Crippen LogP contribution is -2.26. The molecule has 94 valence electrons. The fourth-order valence-corrected chi connectivity index (χ4v) is 1.99. The van der Waals surface area contributed by atoms with Crippen LogP contribution in [0.3, 0.4) is 0 Å². The molecule has 1 aliphatic carbocycles. The van der Waals surface area contributed by atoms with Gasteiger partial charge in [-0.3, -0.25) is 4.98 Å². The topological polar surface area (TPSA) is 68.2 Å². The Morgan fingerprint density at radius 3 is 2.94 bits per heavy atom. The third-order valence-electron chi connectivity index (χ3n) is 3.07. The molecular weight excluding hydrogens is 228 g/mol. The minimum absolute atomic E-state index is 0.417. The third kappa shape index (κ3) is 2.36. The van der Waals surface area contributed by atoms with Crippen molar-refractivity contribution >= 4 is 5.82 Å². The van der Waals surface area contributed by atoms with Crippen LogP contribution < -0.4 is 10.6 Å². The standard InChI is InChI=1S/C13H16N4O/c14-6-10-7-15-8-13(16-10)17(11-3-4-11)9-12-2-1-5-18-12/h1-2,5,7-8,11H,3-4,6,9,14H2. The molecular formula is C13H16N4O. The molecule has 0 atom stereocenters. The zero-order valence-corrected chi connectivity index (χ0v) is 10.1. The molecule has 1 aliphatic rings. The van der Waals surface area contributed by atoms with E-state index in [2.05, 4.69) is 14.9 Å². The summed E-state index contributed by atoms with van der Waals surface area (Å²) in [5.74, 6) is 1.83. The Morgan fingerprint density at radius 1 is 1.39 bits per heavy atom. The number of hydrogen-bond donors (Lipinski definition) is 1. The Morgan fingerprint density at radius 2 is 2.28 bits per heavy atom. The van der Waals surface area contributed by atoms with Crippen molar-refractivity contribution < 1.29 is 4.42 Å². The summed E-state index contributed by atoms with van der Waals surface area (Å²) in [4.78, 5) is 11.0. The van der Waals surface area contributed by atoms with Crippen LogP contribution in [0.4, 0.5) is 5.82 Å². The maximum Gasteiger partial charge on any atom is 0.148 e. The van der Waals surface area contributed by atoms with Crippen LogP contribution in [0, 0.1) is 0 Å². The first-order valence-corrected chi connectivity index (χ1v) is 6.17. The van der Waals surface area contributed by atoms with E-state index in [1.165, 1.54) is 12.8 Å². The highest BCUT2D eigenvalue weighted by Crippen LogP contribution is 2.31. The normalized spacial score (nSPS) is 14.7. The van der Waals surface area contributed by atoms with Gasteiger partial charge in [0, 0.05) is 18.8 Å². The predicted molar refractivity (Wildman–Crippen MR) is 67.8 cm³/mol. The van der Waals surface area contributed by atoms with Gasteiger partial charge in [-0.1, -0.05) is 0 Å². The summed E-state index contributed by atoms with van der Waals surface area (Å²) in [6.07, 6.45) is 7.61. The molecule has 2 aromatic heterocycles. The van der Waals surface area contributed by atoms with E-state index in [0.29, 0.717) is 12.6 Å². The Bertz CT molecular complexity index is 507. The molecule has 0 spiro atoms. The highest BCUT2D eigenvalue weighted by atomic mass is 16.3. The maximum atomic E-state index is 5.61. The molecule has 0 saturated heterocycles. The van der Waals surface area contributed by atoms with Crippen molar-refractivity contribution in [2.75, 3.05) is 4.90 Å². The number of nitrogens with zero attached hydrogens (tertiary/aromatic N) is 3. The van der Waals surface area contributed by atoms with Gasteiger partial charge in [0.15, 0.2) is 0 Å². The molecule has 1 saturated carbocycles. The van der Waals surface area contributed by atoms with Crippen LogP contribution in [-0.4, -0.2) is 16.0 Å². The van der Waals surface area contributed by atoms with E-state index >= 15 is 0 Å². The summed E-state index contributed by atoms with van der Waals surface area (Å²) in [6, 6.07) is 4.44. The zero-order chi connectivity index (χ0) is 12.4. The van der Waals surface area contributed by atoms with Gasteiger partial charge in [-0.25, -0.2) is 4.98 Å². The van der Waals surface area contributed by atoms with Crippen LogP contribution in [0.15, 0.2) is 35.2 Å². The van der Waals surface area contributed by atoms with Gasteiger partial charge in [-0.15, -0.1) is 0 Å². The molecule has 3 rings (SSSR count). The number of rotatable bonds is 5. The van der Waals surface area contributed by atoms with Crippen LogP contribution in [-0.2, 0) is 13.1 Å². The zero-order valence-electron chi connectivity index (χ0n) is 10.1. The van der Waals surface area contributed by atoms with Gasteiger partial charge in [0.2, 0.25) is 0 Å². The summed E-state index contributed by atoms with van der Waals surface area (Å²) in [5.41, 5.74) is 6.42. The van der Waals surface area contributed by atoms with Crippen LogP contribution in [0.25, 0.3) is 0 Å². The number of anilines is 1. The van der Waals surface area contributed by atoms with Crippen molar-refractivity contribution in [3.63, 3.8) is 0 Å². The molecule has 5 nitrogen and oxygen atoms in total. The van der Waals surface area contributed by atoms with Gasteiger partial charge in [0.25, 0.3) is 0 Å². The number of aromatic nitrogens is 2. The van der Waals surface area contributed by atoms with E-state index in [9.17, 15) is 0 Å². The van der Waals surface area contributed by atoms with Crippen LogP contribution >= 0.6 is 0 Å². The Balaban J connectivity index is 1.84. The molecule has 18 heavy (non-hydrogen) atoms. The number of furan rings is 1. The van der Waals surface area contributed by atoms with E-state index < -0.39 is 0 Å². The average Bonchev–Trinajstić information content (AvgIpc) is 3.13. The largest absolute Gasteiger partial charge is 0.467 e. The molecule has 2 aromatic rings. The molecule has 2 N–H and O–H groups in total. The Kier molecular flexibility index (Phi) is 2.98. The monoisotopic (exact) mass is 244 g/mol. The Hall–Kier alpha value is -1.88. The maximum absolute atomic E-state index is 5.61. The molecule has 5 heteroatoms. The molecule has 0 amide bonds. The fraction of sp³-hybridized carbons (Fsp3) is 0.385.